The van der Waals surface area contributed by atoms with Crippen molar-refractivity contribution in [1.82, 2.24) is 15.1 Å². The normalized spacial score (nSPS) is 12.0. The number of hydrogen-bond acceptors (Lipinski definition) is 3. The zero-order valence-electron chi connectivity index (χ0n) is 12.9. The van der Waals surface area contributed by atoms with Gasteiger partial charge in [-0.3, -0.25) is 14.3 Å². The van der Waals surface area contributed by atoms with Gasteiger partial charge in [-0.05, 0) is 18.1 Å². The van der Waals surface area contributed by atoms with E-state index in [0.717, 1.165) is 0 Å². The number of nitrogens with one attached hydrogen (secondary N) is 2. The van der Waals surface area contributed by atoms with Crippen LogP contribution in [0.5, 0.6) is 0 Å². The maximum atomic E-state index is 12.4. The molecule has 0 bridgehead atoms. The van der Waals surface area contributed by atoms with E-state index in [1.54, 1.807) is 48.4 Å². The zero-order valence-corrected chi connectivity index (χ0v) is 12.9. The second kappa shape index (κ2) is 6.89. The van der Waals surface area contributed by atoms with Crippen LogP contribution in [-0.4, -0.2) is 27.6 Å². The van der Waals surface area contributed by atoms with Gasteiger partial charge in [0, 0.05) is 18.8 Å². The summed E-state index contributed by atoms with van der Waals surface area (Å²) in [6, 6.07) is 8.22. The molecule has 6 heteroatoms. The van der Waals surface area contributed by atoms with Crippen molar-refractivity contribution in [3.63, 3.8) is 0 Å². The molecule has 0 aliphatic heterocycles. The summed E-state index contributed by atoms with van der Waals surface area (Å²) < 4.78 is 1.60. The molecule has 6 nitrogen and oxygen atoms in total. The Morgan fingerprint density at radius 2 is 1.86 bits per heavy atom. The fourth-order valence-electron chi connectivity index (χ4n) is 2.05. The van der Waals surface area contributed by atoms with Crippen molar-refractivity contribution in [2.24, 2.45) is 13.0 Å². The number of nitrogens with zero attached hydrogens (tertiary/aromatic N) is 2. The van der Waals surface area contributed by atoms with E-state index < -0.39 is 6.04 Å². The second-order valence-electron chi connectivity index (χ2n) is 5.45. The molecule has 2 amide bonds. The van der Waals surface area contributed by atoms with Crippen LogP contribution in [0.4, 0.5) is 5.69 Å². The number of aryl methyl sites for hydroxylation is 1. The Labute approximate surface area is 129 Å². The number of rotatable bonds is 5. The Balaban J connectivity index is 2.06. The fourth-order valence-corrected chi connectivity index (χ4v) is 2.05. The molecule has 2 N–H and O–H groups in total. The third-order valence-corrected chi connectivity index (χ3v) is 3.24. The summed E-state index contributed by atoms with van der Waals surface area (Å²) in [6.07, 6.45) is 3.27. The molecule has 0 aliphatic carbocycles. The molecule has 0 saturated heterocycles. The maximum absolute atomic E-state index is 12.4. The minimum atomic E-state index is -0.618. The fraction of sp³-hybridized carbons (Fsp3) is 0.312. The number of carbonyl (C=O) groups is 2. The van der Waals surface area contributed by atoms with Crippen LogP contribution in [0.2, 0.25) is 0 Å². The molecule has 0 aliphatic rings. The summed E-state index contributed by atoms with van der Waals surface area (Å²) >= 11 is 0. The van der Waals surface area contributed by atoms with Gasteiger partial charge in [-0.1, -0.05) is 32.0 Å². The Morgan fingerprint density at radius 1 is 1.18 bits per heavy atom. The SMILES string of the molecule is CC(C)C(NC(=O)c1ccccc1)C(=O)Nc1cnn(C)c1. The summed E-state index contributed by atoms with van der Waals surface area (Å²) in [5.74, 6) is -0.558. The average molecular weight is 300 g/mol. The van der Waals surface area contributed by atoms with E-state index in [9.17, 15) is 9.59 Å². The topological polar surface area (TPSA) is 76.0 Å². The Kier molecular flexibility index (Phi) is 4.93. The second-order valence-corrected chi connectivity index (χ2v) is 5.45. The van der Waals surface area contributed by atoms with Crippen molar-refractivity contribution >= 4 is 17.5 Å². The summed E-state index contributed by atoms with van der Waals surface area (Å²) in [4.78, 5) is 24.6. The van der Waals surface area contributed by atoms with Gasteiger partial charge in [0.25, 0.3) is 5.91 Å². The van der Waals surface area contributed by atoms with E-state index in [2.05, 4.69) is 15.7 Å². The van der Waals surface area contributed by atoms with Crippen molar-refractivity contribution in [1.29, 1.82) is 0 Å². The lowest BCUT2D eigenvalue weighted by Gasteiger charge is -2.21. The van der Waals surface area contributed by atoms with Crippen molar-refractivity contribution in [2.45, 2.75) is 19.9 Å². The van der Waals surface area contributed by atoms with Crippen molar-refractivity contribution in [3.05, 3.63) is 48.3 Å². The number of aromatic nitrogens is 2. The van der Waals surface area contributed by atoms with Gasteiger partial charge >= 0.3 is 0 Å². The molecule has 0 radical (unpaired) electrons. The number of anilines is 1. The molecule has 1 aromatic heterocycles. The van der Waals surface area contributed by atoms with E-state index >= 15 is 0 Å². The summed E-state index contributed by atoms with van der Waals surface area (Å²) in [5.41, 5.74) is 1.13. The van der Waals surface area contributed by atoms with Gasteiger partial charge in [-0.2, -0.15) is 5.10 Å². The molecule has 1 unspecified atom stereocenters. The molecule has 1 atom stereocenters. The van der Waals surface area contributed by atoms with Gasteiger partial charge in [-0.15, -0.1) is 0 Å². The smallest absolute Gasteiger partial charge is 0.251 e. The molecule has 2 aromatic rings. The average Bonchev–Trinajstić information content (AvgIpc) is 2.90. The van der Waals surface area contributed by atoms with Crippen LogP contribution in [0.3, 0.4) is 0 Å². The Hall–Kier alpha value is -2.63. The molecule has 0 saturated carbocycles. The molecule has 116 valence electrons. The lowest BCUT2D eigenvalue weighted by atomic mass is 10.0. The van der Waals surface area contributed by atoms with Crippen molar-refractivity contribution in [2.75, 3.05) is 5.32 Å². The van der Waals surface area contributed by atoms with E-state index in [-0.39, 0.29) is 17.7 Å². The molecule has 22 heavy (non-hydrogen) atoms. The lowest BCUT2D eigenvalue weighted by molar-refractivity contribution is -0.118. The van der Waals surface area contributed by atoms with Gasteiger partial charge < -0.3 is 10.6 Å². The van der Waals surface area contributed by atoms with Crippen LogP contribution in [0.15, 0.2) is 42.7 Å². The number of carbonyl (C=O) groups excluding carboxylic acids is 2. The number of amides is 2. The van der Waals surface area contributed by atoms with Crippen LogP contribution in [0, 0.1) is 5.92 Å². The van der Waals surface area contributed by atoms with E-state index in [4.69, 9.17) is 0 Å². The quantitative estimate of drug-likeness (QED) is 0.884. The first-order valence-corrected chi connectivity index (χ1v) is 7.13. The Morgan fingerprint density at radius 3 is 2.41 bits per heavy atom. The predicted octanol–water partition coefficient (Wildman–Crippen LogP) is 1.81. The highest BCUT2D eigenvalue weighted by atomic mass is 16.2. The summed E-state index contributed by atoms with van der Waals surface area (Å²) in [6.45, 7) is 3.78. The van der Waals surface area contributed by atoms with Gasteiger partial charge in [0.15, 0.2) is 0 Å². The van der Waals surface area contributed by atoms with Crippen LogP contribution >= 0.6 is 0 Å². The monoisotopic (exact) mass is 300 g/mol. The molecule has 1 aromatic carbocycles. The van der Waals surface area contributed by atoms with Crippen LogP contribution in [-0.2, 0) is 11.8 Å². The van der Waals surface area contributed by atoms with Crippen molar-refractivity contribution < 1.29 is 9.59 Å². The van der Waals surface area contributed by atoms with Crippen molar-refractivity contribution in [3.8, 4) is 0 Å². The van der Waals surface area contributed by atoms with Gasteiger partial charge in [-0.25, -0.2) is 0 Å². The number of benzene rings is 1. The van der Waals surface area contributed by atoms with Gasteiger partial charge in [0.2, 0.25) is 5.91 Å². The highest BCUT2D eigenvalue weighted by molar-refractivity contribution is 6.01. The molecule has 2 rings (SSSR count). The van der Waals surface area contributed by atoms with Crippen LogP contribution < -0.4 is 10.6 Å². The zero-order chi connectivity index (χ0) is 16.1. The highest BCUT2D eigenvalue weighted by Crippen LogP contribution is 2.09. The third kappa shape index (κ3) is 3.94. The minimum absolute atomic E-state index is 0.0377. The third-order valence-electron chi connectivity index (χ3n) is 3.24. The van der Waals surface area contributed by atoms with Gasteiger partial charge in [0.1, 0.15) is 6.04 Å². The van der Waals surface area contributed by atoms with E-state index in [1.165, 1.54) is 0 Å². The first kappa shape index (κ1) is 15.8. The maximum Gasteiger partial charge on any atom is 0.251 e. The lowest BCUT2D eigenvalue weighted by Crippen LogP contribution is -2.47. The molecular formula is C16H20N4O2. The summed E-state index contributed by atoms with van der Waals surface area (Å²) in [7, 11) is 1.77. The molecule has 0 fully saturated rings. The highest BCUT2D eigenvalue weighted by Gasteiger charge is 2.25. The minimum Gasteiger partial charge on any atom is -0.340 e. The molecular weight excluding hydrogens is 280 g/mol. The standard InChI is InChI=1S/C16H20N4O2/c1-11(2)14(16(22)18-13-9-17-20(3)10-13)19-15(21)12-7-5-4-6-8-12/h4-11,14H,1-3H3,(H,18,22)(H,19,21). The number of hydrogen-bond donors (Lipinski definition) is 2. The Bertz CT molecular complexity index is 649. The predicted molar refractivity (Wildman–Crippen MR) is 84.4 cm³/mol. The largest absolute Gasteiger partial charge is 0.340 e. The summed E-state index contributed by atoms with van der Waals surface area (Å²) in [5, 5.41) is 9.54. The first-order chi connectivity index (χ1) is 10.5. The first-order valence-electron chi connectivity index (χ1n) is 7.13. The van der Waals surface area contributed by atoms with Crippen LogP contribution in [0.25, 0.3) is 0 Å². The van der Waals surface area contributed by atoms with Crippen LogP contribution in [0.1, 0.15) is 24.2 Å². The van der Waals surface area contributed by atoms with Gasteiger partial charge in [0.05, 0.1) is 11.9 Å². The van der Waals surface area contributed by atoms with E-state index in [0.29, 0.717) is 11.3 Å². The molecule has 1 heterocycles. The van der Waals surface area contributed by atoms with E-state index in [1.807, 2.05) is 19.9 Å². The molecule has 0 spiro atoms.